The number of carbonyl (C=O) groups excluding carboxylic acids is 1. The maximum Gasteiger partial charge on any atom is 0.168 e. The highest BCUT2D eigenvalue weighted by molar-refractivity contribution is 5.98. The van der Waals surface area contributed by atoms with Gasteiger partial charge in [0.25, 0.3) is 0 Å². The van der Waals surface area contributed by atoms with E-state index in [4.69, 9.17) is 9.47 Å². The number of hydrogen-bond donors (Lipinski definition) is 0. The van der Waals surface area contributed by atoms with E-state index in [1.807, 2.05) is 31.2 Å². The predicted molar refractivity (Wildman–Crippen MR) is 65.5 cm³/mol. The number of benzene rings is 1. The van der Waals surface area contributed by atoms with E-state index < -0.39 is 0 Å². The maximum absolute atomic E-state index is 12.1. The summed E-state index contributed by atoms with van der Waals surface area (Å²) in [5.74, 6) is 1.03. The van der Waals surface area contributed by atoms with Gasteiger partial charge >= 0.3 is 0 Å². The van der Waals surface area contributed by atoms with Gasteiger partial charge in [-0.25, -0.2) is 0 Å². The first-order chi connectivity index (χ1) is 8.31. The van der Waals surface area contributed by atoms with Crippen LogP contribution in [-0.4, -0.2) is 25.6 Å². The van der Waals surface area contributed by atoms with Crippen LogP contribution in [-0.2, 0) is 4.74 Å². The molecule has 17 heavy (non-hydrogen) atoms. The van der Waals surface area contributed by atoms with Gasteiger partial charge in [-0.1, -0.05) is 0 Å². The first-order valence-corrected chi connectivity index (χ1v) is 6.16. The summed E-state index contributed by atoms with van der Waals surface area (Å²) in [5.41, 5.74) is 0.754. The zero-order chi connectivity index (χ0) is 12.1. The Morgan fingerprint density at radius 1 is 1.41 bits per heavy atom. The molecule has 1 aliphatic heterocycles. The third-order valence-corrected chi connectivity index (χ3v) is 2.98. The topological polar surface area (TPSA) is 35.5 Å². The molecule has 3 heteroatoms. The Kier molecular flexibility index (Phi) is 4.15. The molecule has 0 aliphatic carbocycles. The predicted octanol–water partition coefficient (Wildman–Crippen LogP) is 2.69. The summed E-state index contributed by atoms with van der Waals surface area (Å²) in [6.45, 7) is 3.93. The minimum absolute atomic E-state index is 0.0293. The molecule has 1 aliphatic rings. The molecule has 2 rings (SSSR count). The highest BCUT2D eigenvalue weighted by atomic mass is 16.5. The summed E-state index contributed by atoms with van der Waals surface area (Å²) in [7, 11) is 0. The molecule has 1 aromatic rings. The summed E-state index contributed by atoms with van der Waals surface area (Å²) in [5, 5.41) is 0. The van der Waals surface area contributed by atoms with Gasteiger partial charge in [0.2, 0.25) is 0 Å². The lowest BCUT2D eigenvalue weighted by Crippen LogP contribution is -2.25. The third-order valence-electron chi connectivity index (χ3n) is 2.98. The van der Waals surface area contributed by atoms with Crippen molar-refractivity contribution in [2.45, 2.75) is 19.8 Å². The second-order valence-electron chi connectivity index (χ2n) is 4.24. The summed E-state index contributed by atoms with van der Waals surface area (Å²) in [4.78, 5) is 12.1. The Balaban J connectivity index is 2.03. The number of ketones is 1. The number of ether oxygens (including phenoxy) is 2. The molecule has 0 bridgehead atoms. The van der Waals surface area contributed by atoms with Gasteiger partial charge in [0.05, 0.1) is 13.2 Å². The van der Waals surface area contributed by atoms with Crippen molar-refractivity contribution in [1.82, 2.24) is 0 Å². The second kappa shape index (κ2) is 5.82. The van der Waals surface area contributed by atoms with Crippen molar-refractivity contribution < 1.29 is 14.3 Å². The molecule has 92 valence electrons. The lowest BCUT2D eigenvalue weighted by Gasteiger charge is -2.20. The Hall–Kier alpha value is -1.35. The van der Waals surface area contributed by atoms with E-state index in [1.54, 1.807) is 0 Å². The maximum atomic E-state index is 12.1. The molecule has 0 aromatic heterocycles. The molecule has 1 heterocycles. The normalized spacial score (nSPS) is 19.9. The molecule has 1 fully saturated rings. The Labute approximate surface area is 102 Å². The van der Waals surface area contributed by atoms with Gasteiger partial charge in [-0.15, -0.1) is 0 Å². The summed E-state index contributed by atoms with van der Waals surface area (Å²) in [6.07, 6.45) is 1.92. The third kappa shape index (κ3) is 3.07. The monoisotopic (exact) mass is 234 g/mol. The number of carbonyl (C=O) groups is 1. The number of Topliss-reactive ketones (excluding diaryl/α,β-unsaturated/α-hetero) is 1. The molecule has 3 nitrogen and oxygen atoms in total. The molecule has 0 spiro atoms. The largest absolute Gasteiger partial charge is 0.494 e. The van der Waals surface area contributed by atoms with Gasteiger partial charge in [0.1, 0.15) is 5.75 Å². The number of hydrogen-bond acceptors (Lipinski definition) is 3. The highest BCUT2D eigenvalue weighted by Gasteiger charge is 2.22. The van der Waals surface area contributed by atoms with Gasteiger partial charge in [-0.3, -0.25) is 4.79 Å². The first kappa shape index (κ1) is 12.1. The molecular weight excluding hydrogens is 216 g/mol. The van der Waals surface area contributed by atoms with E-state index >= 15 is 0 Å². The average molecular weight is 234 g/mol. The molecule has 1 saturated heterocycles. The second-order valence-corrected chi connectivity index (χ2v) is 4.24. The van der Waals surface area contributed by atoms with Gasteiger partial charge in [-0.2, -0.15) is 0 Å². The fourth-order valence-electron chi connectivity index (χ4n) is 2.07. The van der Waals surface area contributed by atoms with Crippen molar-refractivity contribution in [3.05, 3.63) is 29.8 Å². The van der Waals surface area contributed by atoms with Crippen LogP contribution in [0, 0.1) is 5.92 Å². The molecule has 0 amide bonds. The van der Waals surface area contributed by atoms with Crippen LogP contribution in [0.1, 0.15) is 30.1 Å². The summed E-state index contributed by atoms with van der Waals surface area (Å²) < 4.78 is 10.7. The van der Waals surface area contributed by atoms with Crippen LogP contribution in [0.5, 0.6) is 5.75 Å². The van der Waals surface area contributed by atoms with Crippen molar-refractivity contribution in [2.75, 3.05) is 19.8 Å². The lowest BCUT2D eigenvalue weighted by atomic mass is 9.93. The van der Waals surface area contributed by atoms with E-state index in [9.17, 15) is 4.79 Å². The quantitative estimate of drug-likeness (QED) is 0.751. The molecule has 1 aromatic carbocycles. The van der Waals surface area contributed by atoms with E-state index in [0.29, 0.717) is 13.2 Å². The van der Waals surface area contributed by atoms with Crippen molar-refractivity contribution in [1.29, 1.82) is 0 Å². The van der Waals surface area contributed by atoms with Crippen LogP contribution >= 0.6 is 0 Å². The molecule has 0 radical (unpaired) electrons. The summed E-state index contributed by atoms with van der Waals surface area (Å²) in [6, 6.07) is 7.37. The number of rotatable bonds is 4. The van der Waals surface area contributed by atoms with E-state index in [1.165, 1.54) is 0 Å². The minimum Gasteiger partial charge on any atom is -0.494 e. The zero-order valence-electron chi connectivity index (χ0n) is 10.1. The van der Waals surface area contributed by atoms with Gasteiger partial charge in [-0.05, 0) is 44.0 Å². The van der Waals surface area contributed by atoms with E-state index in [0.717, 1.165) is 30.8 Å². The highest BCUT2D eigenvalue weighted by Crippen LogP contribution is 2.20. The molecule has 0 N–H and O–H groups in total. The fraction of sp³-hybridized carbons (Fsp3) is 0.500. The SMILES string of the molecule is CCOc1ccc(C(=O)C2CCCOC2)cc1. The van der Waals surface area contributed by atoms with Crippen molar-refractivity contribution >= 4 is 5.78 Å². The van der Waals surface area contributed by atoms with Crippen LogP contribution in [0.15, 0.2) is 24.3 Å². The van der Waals surface area contributed by atoms with Gasteiger partial charge in [0, 0.05) is 18.1 Å². The Morgan fingerprint density at radius 2 is 2.18 bits per heavy atom. The van der Waals surface area contributed by atoms with Crippen molar-refractivity contribution in [2.24, 2.45) is 5.92 Å². The fourth-order valence-corrected chi connectivity index (χ4v) is 2.07. The Bertz CT molecular complexity index is 364. The van der Waals surface area contributed by atoms with Crippen molar-refractivity contribution in [3.63, 3.8) is 0 Å². The first-order valence-electron chi connectivity index (χ1n) is 6.16. The van der Waals surface area contributed by atoms with Crippen LogP contribution in [0.25, 0.3) is 0 Å². The van der Waals surface area contributed by atoms with Crippen LogP contribution in [0.4, 0.5) is 0 Å². The standard InChI is InChI=1S/C14H18O3/c1-2-17-13-7-5-11(6-8-13)14(15)12-4-3-9-16-10-12/h5-8,12H,2-4,9-10H2,1H3. The molecule has 1 atom stereocenters. The van der Waals surface area contributed by atoms with Crippen molar-refractivity contribution in [3.8, 4) is 5.75 Å². The lowest BCUT2D eigenvalue weighted by molar-refractivity contribution is 0.0461. The minimum atomic E-state index is 0.0293. The van der Waals surface area contributed by atoms with Crippen LogP contribution < -0.4 is 4.74 Å². The summed E-state index contributed by atoms with van der Waals surface area (Å²) >= 11 is 0. The van der Waals surface area contributed by atoms with Crippen LogP contribution in [0.3, 0.4) is 0 Å². The van der Waals surface area contributed by atoms with E-state index in [-0.39, 0.29) is 11.7 Å². The molecule has 1 unspecified atom stereocenters. The average Bonchev–Trinajstić information content (AvgIpc) is 2.40. The van der Waals surface area contributed by atoms with Gasteiger partial charge < -0.3 is 9.47 Å². The smallest absolute Gasteiger partial charge is 0.168 e. The van der Waals surface area contributed by atoms with Crippen LogP contribution in [0.2, 0.25) is 0 Å². The molecular formula is C14H18O3. The zero-order valence-corrected chi connectivity index (χ0v) is 10.1. The Morgan fingerprint density at radius 3 is 2.76 bits per heavy atom. The van der Waals surface area contributed by atoms with Gasteiger partial charge in [0.15, 0.2) is 5.78 Å². The van der Waals surface area contributed by atoms with E-state index in [2.05, 4.69) is 0 Å². The molecule has 0 saturated carbocycles.